The van der Waals surface area contributed by atoms with E-state index < -0.39 is 0 Å². The van der Waals surface area contributed by atoms with Gasteiger partial charge in [-0.15, -0.1) is 0 Å². The Morgan fingerprint density at radius 1 is 1.33 bits per heavy atom. The number of carbonyl (C=O) groups excluding carboxylic acids is 1. The molecule has 7 nitrogen and oxygen atoms in total. The average Bonchev–Trinajstić information content (AvgIpc) is 3.06. The maximum Gasteiger partial charge on any atom is 0.319 e. The van der Waals surface area contributed by atoms with Crippen molar-refractivity contribution in [3.8, 4) is 0 Å². The molecule has 3 atom stereocenters. The van der Waals surface area contributed by atoms with Gasteiger partial charge in [0.05, 0.1) is 30.2 Å². The number of morpholine rings is 1. The number of hydrogen-bond acceptors (Lipinski definition) is 5. The third-order valence-corrected chi connectivity index (χ3v) is 4.26. The van der Waals surface area contributed by atoms with Gasteiger partial charge < -0.3 is 25.0 Å². The molecule has 2 amide bonds. The number of aromatic nitrogens is 1. The molecule has 0 spiro atoms. The van der Waals surface area contributed by atoms with E-state index in [0.717, 1.165) is 38.4 Å². The molecule has 132 valence electrons. The molecule has 0 bridgehead atoms. The lowest BCUT2D eigenvalue weighted by Gasteiger charge is -2.36. The zero-order valence-electron chi connectivity index (χ0n) is 14.3. The van der Waals surface area contributed by atoms with Crippen LogP contribution in [0.3, 0.4) is 0 Å². The number of amides is 2. The van der Waals surface area contributed by atoms with E-state index in [2.05, 4.69) is 34.4 Å². The highest BCUT2D eigenvalue weighted by atomic mass is 16.5. The predicted molar refractivity (Wildman–Crippen MR) is 92.5 cm³/mol. The van der Waals surface area contributed by atoms with E-state index in [4.69, 9.17) is 9.47 Å². The first kappa shape index (κ1) is 17.0. The second kappa shape index (κ2) is 7.81. The molecule has 1 aromatic heterocycles. The van der Waals surface area contributed by atoms with Gasteiger partial charge in [0, 0.05) is 26.2 Å². The summed E-state index contributed by atoms with van der Waals surface area (Å²) in [5.74, 6) is 0.905. The molecule has 3 rings (SSSR count). The Labute approximate surface area is 142 Å². The Kier molecular flexibility index (Phi) is 5.52. The van der Waals surface area contributed by atoms with E-state index in [1.165, 1.54) is 0 Å². The van der Waals surface area contributed by atoms with Crippen molar-refractivity contribution in [1.82, 2.24) is 10.3 Å². The van der Waals surface area contributed by atoms with Crippen LogP contribution in [-0.2, 0) is 9.47 Å². The monoisotopic (exact) mass is 334 g/mol. The fourth-order valence-corrected chi connectivity index (χ4v) is 3.20. The van der Waals surface area contributed by atoms with Gasteiger partial charge in [-0.2, -0.15) is 0 Å². The molecule has 2 aliphatic heterocycles. The minimum atomic E-state index is -0.228. The fourth-order valence-electron chi connectivity index (χ4n) is 3.20. The van der Waals surface area contributed by atoms with Crippen molar-refractivity contribution in [1.29, 1.82) is 0 Å². The lowest BCUT2D eigenvalue weighted by atomic mass is 10.2. The number of anilines is 2. The van der Waals surface area contributed by atoms with Crippen molar-refractivity contribution in [3.05, 3.63) is 18.3 Å². The van der Waals surface area contributed by atoms with E-state index in [0.29, 0.717) is 12.2 Å². The van der Waals surface area contributed by atoms with Gasteiger partial charge in [0.15, 0.2) is 0 Å². The van der Waals surface area contributed by atoms with Crippen LogP contribution in [0, 0.1) is 0 Å². The Morgan fingerprint density at radius 3 is 2.75 bits per heavy atom. The first-order chi connectivity index (χ1) is 11.6. The van der Waals surface area contributed by atoms with Crippen LogP contribution in [0.25, 0.3) is 0 Å². The molecule has 1 aromatic rings. The minimum absolute atomic E-state index is 0.140. The van der Waals surface area contributed by atoms with Crippen LogP contribution in [-0.4, -0.2) is 55.6 Å². The molecule has 0 saturated carbocycles. The molecule has 7 heteroatoms. The van der Waals surface area contributed by atoms with Gasteiger partial charge in [-0.25, -0.2) is 9.78 Å². The number of nitrogens with zero attached hydrogens (tertiary/aromatic N) is 2. The van der Waals surface area contributed by atoms with Crippen LogP contribution in [0.5, 0.6) is 0 Å². The molecule has 2 N–H and O–H groups in total. The van der Waals surface area contributed by atoms with Gasteiger partial charge in [0.25, 0.3) is 0 Å². The predicted octanol–water partition coefficient (Wildman–Crippen LogP) is 2.00. The topological polar surface area (TPSA) is 75.7 Å². The van der Waals surface area contributed by atoms with Crippen LogP contribution >= 0.6 is 0 Å². The molecule has 0 radical (unpaired) electrons. The SMILES string of the molecule is C[C@@H]1CN(c2ccc(NC(=O)NC[C@H]3CCCO3)cn2)C[C@@H](C)O1. The van der Waals surface area contributed by atoms with Crippen molar-refractivity contribution in [2.24, 2.45) is 0 Å². The van der Waals surface area contributed by atoms with Crippen molar-refractivity contribution >= 4 is 17.5 Å². The number of carbonyl (C=O) groups is 1. The second-order valence-electron chi connectivity index (χ2n) is 6.54. The smallest absolute Gasteiger partial charge is 0.319 e. The normalized spacial score (nSPS) is 27.1. The minimum Gasteiger partial charge on any atom is -0.376 e. The lowest BCUT2D eigenvalue weighted by Crippen LogP contribution is -2.45. The highest BCUT2D eigenvalue weighted by Gasteiger charge is 2.23. The molecule has 3 heterocycles. The van der Waals surface area contributed by atoms with Crippen LogP contribution in [0.4, 0.5) is 16.3 Å². The Morgan fingerprint density at radius 2 is 2.12 bits per heavy atom. The van der Waals surface area contributed by atoms with Gasteiger partial charge in [-0.1, -0.05) is 0 Å². The van der Waals surface area contributed by atoms with Crippen LogP contribution in [0.2, 0.25) is 0 Å². The van der Waals surface area contributed by atoms with E-state index >= 15 is 0 Å². The van der Waals surface area contributed by atoms with E-state index in [1.54, 1.807) is 6.20 Å². The molecule has 2 fully saturated rings. The van der Waals surface area contributed by atoms with Gasteiger partial charge in [0.2, 0.25) is 0 Å². The standard InChI is InChI=1S/C17H26N4O3/c1-12-10-21(11-13(2)24-12)16-6-5-14(8-18-16)20-17(22)19-9-15-4-3-7-23-15/h5-6,8,12-13,15H,3-4,7,9-11H2,1-2H3,(H2,19,20,22)/t12-,13-,15-/m1/s1. The Hall–Kier alpha value is -1.86. The highest BCUT2D eigenvalue weighted by molar-refractivity contribution is 5.89. The highest BCUT2D eigenvalue weighted by Crippen LogP contribution is 2.19. The van der Waals surface area contributed by atoms with Gasteiger partial charge in [-0.3, -0.25) is 0 Å². The second-order valence-corrected chi connectivity index (χ2v) is 6.54. The summed E-state index contributed by atoms with van der Waals surface area (Å²) in [5.41, 5.74) is 0.679. The van der Waals surface area contributed by atoms with E-state index in [9.17, 15) is 4.79 Å². The number of urea groups is 1. The van der Waals surface area contributed by atoms with Crippen molar-refractivity contribution in [2.75, 3.05) is 36.5 Å². The molecule has 2 aliphatic rings. The summed E-state index contributed by atoms with van der Waals surface area (Å²) in [5, 5.41) is 5.64. The van der Waals surface area contributed by atoms with Gasteiger partial charge in [-0.05, 0) is 38.8 Å². The first-order valence-electron chi connectivity index (χ1n) is 8.63. The zero-order chi connectivity index (χ0) is 16.9. The summed E-state index contributed by atoms with van der Waals surface area (Å²) >= 11 is 0. The molecule has 2 saturated heterocycles. The fraction of sp³-hybridized carbons (Fsp3) is 0.647. The average molecular weight is 334 g/mol. The van der Waals surface area contributed by atoms with Crippen LogP contribution in [0.1, 0.15) is 26.7 Å². The summed E-state index contributed by atoms with van der Waals surface area (Å²) in [6.45, 7) is 7.12. The third-order valence-electron chi connectivity index (χ3n) is 4.26. The molecule has 0 unspecified atom stereocenters. The number of ether oxygens (including phenoxy) is 2. The number of nitrogens with one attached hydrogen (secondary N) is 2. The van der Waals surface area contributed by atoms with Crippen molar-refractivity contribution < 1.29 is 14.3 Å². The molecular weight excluding hydrogens is 308 g/mol. The summed E-state index contributed by atoms with van der Waals surface area (Å²) in [6, 6.07) is 3.58. The quantitative estimate of drug-likeness (QED) is 0.881. The van der Waals surface area contributed by atoms with Crippen molar-refractivity contribution in [3.63, 3.8) is 0 Å². The summed E-state index contributed by atoms with van der Waals surface area (Å²) in [7, 11) is 0. The lowest BCUT2D eigenvalue weighted by molar-refractivity contribution is -0.00545. The summed E-state index contributed by atoms with van der Waals surface area (Å²) in [6.07, 6.45) is 4.28. The van der Waals surface area contributed by atoms with Gasteiger partial charge >= 0.3 is 6.03 Å². The maximum atomic E-state index is 11.9. The number of hydrogen-bond donors (Lipinski definition) is 2. The maximum absolute atomic E-state index is 11.9. The third kappa shape index (κ3) is 4.58. The molecule has 0 aliphatic carbocycles. The molecule has 24 heavy (non-hydrogen) atoms. The van der Waals surface area contributed by atoms with Crippen LogP contribution < -0.4 is 15.5 Å². The van der Waals surface area contributed by atoms with Crippen molar-refractivity contribution in [2.45, 2.75) is 45.0 Å². The van der Waals surface area contributed by atoms with Gasteiger partial charge in [0.1, 0.15) is 5.82 Å². The van der Waals surface area contributed by atoms with E-state index in [1.807, 2.05) is 12.1 Å². The zero-order valence-corrected chi connectivity index (χ0v) is 14.3. The summed E-state index contributed by atoms with van der Waals surface area (Å²) < 4.78 is 11.2. The van der Waals surface area contributed by atoms with Crippen LogP contribution in [0.15, 0.2) is 18.3 Å². The largest absolute Gasteiger partial charge is 0.376 e. The Bertz CT molecular complexity index is 535. The first-order valence-corrected chi connectivity index (χ1v) is 8.63. The van der Waals surface area contributed by atoms with E-state index in [-0.39, 0.29) is 24.3 Å². The summed E-state index contributed by atoms with van der Waals surface area (Å²) in [4.78, 5) is 18.6. The number of rotatable bonds is 4. The molecular formula is C17H26N4O3. The Balaban J connectivity index is 1.49. The number of pyridine rings is 1. The molecule has 0 aromatic carbocycles.